The van der Waals surface area contributed by atoms with Crippen molar-refractivity contribution < 1.29 is 9.84 Å². The Kier molecular flexibility index (Phi) is 4.09. The van der Waals surface area contributed by atoms with Crippen LogP contribution in [-0.2, 0) is 4.74 Å². The van der Waals surface area contributed by atoms with Crippen LogP contribution in [0.25, 0.3) is 0 Å². The molecule has 0 spiro atoms. The van der Waals surface area contributed by atoms with Gasteiger partial charge in [-0.3, -0.25) is 0 Å². The number of rotatable bonds is 3. The van der Waals surface area contributed by atoms with Gasteiger partial charge in [-0.15, -0.1) is 11.8 Å². The van der Waals surface area contributed by atoms with Crippen LogP contribution >= 0.6 is 11.8 Å². The fourth-order valence-corrected chi connectivity index (χ4v) is 2.56. The van der Waals surface area contributed by atoms with E-state index in [0.717, 1.165) is 17.4 Å². The standard InChI is InChI=1S/C12H19N3O2S/c1-12(2)7-15(5-9(6-16)17-12)10-4-11(18-3)14-8-13-10/h4,8-9,16H,5-7H2,1-3H3. The SMILES string of the molecule is CSc1cc(N2CC(CO)OC(C)(C)C2)ncn1. The van der Waals surface area contributed by atoms with E-state index in [9.17, 15) is 5.11 Å². The highest BCUT2D eigenvalue weighted by Gasteiger charge is 2.33. The van der Waals surface area contributed by atoms with Gasteiger partial charge >= 0.3 is 0 Å². The molecule has 2 rings (SSSR count). The molecule has 0 amide bonds. The molecule has 1 atom stereocenters. The highest BCUT2D eigenvalue weighted by molar-refractivity contribution is 7.98. The minimum absolute atomic E-state index is 0.0282. The Morgan fingerprint density at radius 2 is 2.33 bits per heavy atom. The van der Waals surface area contributed by atoms with Gasteiger partial charge in [0.2, 0.25) is 0 Å². The summed E-state index contributed by atoms with van der Waals surface area (Å²) in [5.41, 5.74) is -0.282. The van der Waals surface area contributed by atoms with E-state index in [1.54, 1.807) is 18.1 Å². The van der Waals surface area contributed by atoms with E-state index in [0.29, 0.717) is 6.54 Å². The van der Waals surface area contributed by atoms with Gasteiger partial charge in [0, 0.05) is 19.2 Å². The minimum Gasteiger partial charge on any atom is -0.394 e. The molecule has 18 heavy (non-hydrogen) atoms. The molecule has 0 saturated carbocycles. The molecule has 1 N–H and O–H groups in total. The van der Waals surface area contributed by atoms with Crippen LogP contribution in [0, 0.1) is 0 Å². The second-order valence-corrected chi connectivity index (χ2v) is 5.81. The van der Waals surface area contributed by atoms with Gasteiger partial charge in [-0.1, -0.05) is 0 Å². The molecule has 0 radical (unpaired) electrons. The molecule has 1 aliphatic rings. The Morgan fingerprint density at radius 3 is 3.00 bits per heavy atom. The summed E-state index contributed by atoms with van der Waals surface area (Å²) in [7, 11) is 0. The maximum atomic E-state index is 9.30. The van der Waals surface area contributed by atoms with Crippen molar-refractivity contribution >= 4 is 17.6 Å². The largest absolute Gasteiger partial charge is 0.394 e. The van der Waals surface area contributed by atoms with Gasteiger partial charge in [0.1, 0.15) is 17.2 Å². The van der Waals surface area contributed by atoms with E-state index in [2.05, 4.69) is 14.9 Å². The first-order valence-corrected chi connectivity index (χ1v) is 7.16. The maximum absolute atomic E-state index is 9.30. The first-order valence-electron chi connectivity index (χ1n) is 5.94. The Bertz CT molecular complexity index is 414. The summed E-state index contributed by atoms with van der Waals surface area (Å²) < 4.78 is 5.79. The number of anilines is 1. The normalized spacial score (nSPS) is 23.1. The third-order valence-electron chi connectivity index (χ3n) is 2.85. The molecule has 2 heterocycles. The Balaban J connectivity index is 2.20. The number of ether oxygens (including phenoxy) is 1. The fourth-order valence-electron chi connectivity index (χ4n) is 2.18. The molecule has 5 nitrogen and oxygen atoms in total. The monoisotopic (exact) mass is 269 g/mol. The number of aliphatic hydroxyl groups excluding tert-OH is 1. The van der Waals surface area contributed by atoms with Gasteiger partial charge < -0.3 is 14.7 Å². The number of aliphatic hydroxyl groups is 1. The quantitative estimate of drug-likeness (QED) is 0.657. The number of morpholine rings is 1. The Labute approximate surface area is 112 Å². The average Bonchev–Trinajstić information content (AvgIpc) is 2.37. The van der Waals surface area contributed by atoms with Crippen LogP contribution in [0.4, 0.5) is 5.82 Å². The Hall–Kier alpha value is -0.850. The van der Waals surface area contributed by atoms with Crippen molar-refractivity contribution in [1.82, 2.24) is 9.97 Å². The zero-order chi connectivity index (χ0) is 13.2. The second-order valence-electron chi connectivity index (χ2n) is 4.98. The molecule has 1 saturated heterocycles. The molecular formula is C12H19N3O2S. The molecule has 6 heteroatoms. The zero-order valence-corrected chi connectivity index (χ0v) is 11.8. The first-order chi connectivity index (χ1) is 8.54. The summed E-state index contributed by atoms with van der Waals surface area (Å²) in [6, 6.07) is 1.97. The van der Waals surface area contributed by atoms with Gasteiger partial charge in [0.15, 0.2) is 0 Å². The molecule has 100 valence electrons. The maximum Gasteiger partial charge on any atom is 0.133 e. The molecule has 0 aromatic carbocycles. The van der Waals surface area contributed by atoms with Crippen LogP contribution in [0.2, 0.25) is 0 Å². The van der Waals surface area contributed by atoms with Gasteiger partial charge in [-0.2, -0.15) is 0 Å². The molecule has 1 aromatic rings. The molecule has 1 unspecified atom stereocenters. The van der Waals surface area contributed by atoms with E-state index in [-0.39, 0.29) is 18.3 Å². The van der Waals surface area contributed by atoms with Crippen molar-refractivity contribution in [3.63, 3.8) is 0 Å². The summed E-state index contributed by atoms with van der Waals surface area (Å²) >= 11 is 1.59. The van der Waals surface area contributed by atoms with Crippen LogP contribution in [-0.4, -0.2) is 52.7 Å². The van der Waals surface area contributed by atoms with E-state index in [1.807, 2.05) is 26.2 Å². The van der Waals surface area contributed by atoms with Crippen LogP contribution in [0.15, 0.2) is 17.4 Å². The summed E-state index contributed by atoms with van der Waals surface area (Å²) in [6.45, 7) is 5.50. The van der Waals surface area contributed by atoms with Crippen LogP contribution in [0.3, 0.4) is 0 Å². The topological polar surface area (TPSA) is 58.5 Å². The minimum atomic E-state index is -0.282. The smallest absolute Gasteiger partial charge is 0.133 e. The molecule has 0 aliphatic carbocycles. The van der Waals surface area contributed by atoms with E-state index in [1.165, 1.54) is 0 Å². The number of aromatic nitrogens is 2. The molecule has 1 aliphatic heterocycles. The first kappa shape index (κ1) is 13.6. The van der Waals surface area contributed by atoms with Crippen molar-refractivity contribution in [1.29, 1.82) is 0 Å². The van der Waals surface area contributed by atoms with Crippen LogP contribution in [0.1, 0.15) is 13.8 Å². The van der Waals surface area contributed by atoms with Crippen molar-refractivity contribution in [2.75, 3.05) is 30.9 Å². The molecular weight excluding hydrogens is 250 g/mol. The second kappa shape index (κ2) is 5.42. The van der Waals surface area contributed by atoms with Crippen molar-refractivity contribution in [3.8, 4) is 0 Å². The van der Waals surface area contributed by atoms with Crippen molar-refractivity contribution in [2.45, 2.75) is 30.6 Å². The van der Waals surface area contributed by atoms with E-state index < -0.39 is 0 Å². The summed E-state index contributed by atoms with van der Waals surface area (Å²) in [5.74, 6) is 0.893. The number of hydrogen-bond acceptors (Lipinski definition) is 6. The third kappa shape index (κ3) is 3.13. The van der Waals surface area contributed by atoms with Gasteiger partial charge in [-0.25, -0.2) is 9.97 Å². The fraction of sp³-hybridized carbons (Fsp3) is 0.667. The number of nitrogens with zero attached hydrogens (tertiary/aromatic N) is 3. The van der Waals surface area contributed by atoms with Crippen LogP contribution < -0.4 is 4.90 Å². The number of thioether (sulfide) groups is 1. The zero-order valence-electron chi connectivity index (χ0n) is 11.0. The lowest BCUT2D eigenvalue weighted by atomic mass is 10.1. The van der Waals surface area contributed by atoms with Crippen molar-refractivity contribution in [2.24, 2.45) is 0 Å². The lowest BCUT2D eigenvalue weighted by Crippen LogP contribution is -2.54. The molecule has 1 fully saturated rings. The average molecular weight is 269 g/mol. The highest BCUT2D eigenvalue weighted by Crippen LogP contribution is 2.26. The lowest BCUT2D eigenvalue weighted by molar-refractivity contribution is -0.101. The van der Waals surface area contributed by atoms with Crippen molar-refractivity contribution in [3.05, 3.63) is 12.4 Å². The highest BCUT2D eigenvalue weighted by atomic mass is 32.2. The predicted molar refractivity (Wildman–Crippen MR) is 72.1 cm³/mol. The van der Waals surface area contributed by atoms with Gasteiger partial charge in [0.25, 0.3) is 0 Å². The molecule has 1 aromatic heterocycles. The van der Waals surface area contributed by atoms with E-state index >= 15 is 0 Å². The third-order valence-corrected chi connectivity index (χ3v) is 3.49. The van der Waals surface area contributed by atoms with Gasteiger partial charge in [-0.05, 0) is 20.1 Å². The van der Waals surface area contributed by atoms with E-state index in [4.69, 9.17) is 4.74 Å². The summed E-state index contributed by atoms with van der Waals surface area (Å²) in [4.78, 5) is 10.6. The lowest BCUT2D eigenvalue weighted by Gasteiger charge is -2.42. The predicted octanol–water partition coefficient (Wildman–Crippen LogP) is 1.17. The van der Waals surface area contributed by atoms with Crippen LogP contribution in [0.5, 0.6) is 0 Å². The summed E-state index contributed by atoms with van der Waals surface area (Å²) in [6.07, 6.45) is 3.41. The van der Waals surface area contributed by atoms with Gasteiger partial charge in [0.05, 0.1) is 18.3 Å². The summed E-state index contributed by atoms with van der Waals surface area (Å²) in [5, 5.41) is 10.2. The Morgan fingerprint density at radius 1 is 1.56 bits per heavy atom. The molecule has 0 bridgehead atoms. The number of hydrogen-bond donors (Lipinski definition) is 1.